The Morgan fingerprint density at radius 2 is 1.86 bits per heavy atom. The van der Waals surface area contributed by atoms with Gasteiger partial charge in [0.25, 0.3) is 12.3 Å². The number of halogens is 6. The minimum Gasteiger partial charge on any atom is -0.490 e. The number of amides is 1. The van der Waals surface area contributed by atoms with Gasteiger partial charge in [0.05, 0.1) is 27.0 Å². The van der Waals surface area contributed by atoms with Crippen molar-refractivity contribution in [2.75, 3.05) is 19.6 Å². The van der Waals surface area contributed by atoms with E-state index in [9.17, 15) is 26.7 Å². The second-order valence-corrected chi connectivity index (χ2v) is 9.48. The normalized spacial score (nSPS) is 15.8. The second kappa shape index (κ2) is 11.5. The molecule has 2 heterocycles. The number of alkyl halides is 2. The van der Waals surface area contributed by atoms with Crippen molar-refractivity contribution in [2.45, 2.75) is 31.4 Å². The lowest BCUT2D eigenvalue weighted by Crippen LogP contribution is -2.44. The van der Waals surface area contributed by atoms with Crippen LogP contribution in [0.1, 0.15) is 46.2 Å². The summed E-state index contributed by atoms with van der Waals surface area (Å²) in [4.78, 5) is 18.6. The minimum atomic E-state index is -2.81. The Morgan fingerprint density at radius 1 is 1.17 bits per heavy atom. The molecule has 0 aliphatic carbocycles. The number of likely N-dealkylation sites (tertiary alicyclic amines) is 1. The van der Waals surface area contributed by atoms with E-state index in [-0.39, 0.29) is 39.6 Å². The molecule has 1 unspecified atom stereocenters. The molecule has 3 aromatic rings. The van der Waals surface area contributed by atoms with Gasteiger partial charge in [0.1, 0.15) is 35.0 Å². The van der Waals surface area contributed by atoms with Crippen LogP contribution in [-0.2, 0) is 0 Å². The number of nitrogens with zero attached hydrogens (tertiary/aromatic N) is 2. The summed E-state index contributed by atoms with van der Waals surface area (Å²) in [7, 11) is 0. The summed E-state index contributed by atoms with van der Waals surface area (Å²) >= 11 is 7.02. The third kappa shape index (κ3) is 6.13. The fourth-order valence-electron chi connectivity index (χ4n) is 4.15. The first kappa shape index (κ1) is 26.3. The SMILES string of the molecule is O=C(NCC(c1scnc1C(F)F)N1CCC(Oc2cc(F)cc(F)c2)CC1)c1c(F)cccc1Cl. The van der Waals surface area contributed by atoms with E-state index in [1.54, 1.807) is 0 Å². The Labute approximate surface area is 212 Å². The fraction of sp³-hybridized carbons (Fsp3) is 0.333. The van der Waals surface area contributed by atoms with E-state index in [1.165, 1.54) is 17.6 Å². The van der Waals surface area contributed by atoms with Gasteiger partial charge in [-0.3, -0.25) is 9.69 Å². The van der Waals surface area contributed by atoms with Crippen molar-refractivity contribution in [3.8, 4) is 5.75 Å². The van der Waals surface area contributed by atoms with Crippen molar-refractivity contribution >= 4 is 28.8 Å². The Hall–Kier alpha value is -2.76. The molecule has 4 rings (SSSR count). The zero-order chi connectivity index (χ0) is 25.8. The van der Waals surface area contributed by atoms with E-state index in [0.29, 0.717) is 25.9 Å². The molecule has 0 saturated carbocycles. The van der Waals surface area contributed by atoms with E-state index in [4.69, 9.17) is 16.3 Å². The van der Waals surface area contributed by atoms with Crippen LogP contribution >= 0.6 is 22.9 Å². The zero-order valence-corrected chi connectivity index (χ0v) is 20.3. The van der Waals surface area contributed by atoms with Crippen LogP contribution in [0.2, 0.25) is 5.02 Å². The standard InChI is InChI=1S/C24H21ClF5N3O2S/c25-17-2-1-3-18(28)20(17)24(34)31-11-19(22-21(23(29)30)32-12-36-22)33-6-4-15(5-7-33)35-16-9-13(26)8-14(27)10-16/h1-3,8-10,12,15,19,23H,4-7,11H2,(H,31,34). The average Bonchev–Trinajstić information content (AvgIpc) is 3.29. The molecule has 0 bridgehead atoms. The lowest BCUT2D eigenvalue weighted by molar-refractivity contribution is 0.0699. The molecule has 1 atom stereocenters. The van der Waals surface area contributed by atoms with Crippen LogP contribution in [0.4, 0.5) is 22.0 Å². The van der Waals surface area contributed by atoms with Crippen molar-refractivity contribution < 1.29 is 31.5 Å². The number of carbonyl (C=O) groups excluding carboxylic acids is 1. The first-order valence-corrected chi connectivity index (χ1v) is 12.3. The molecule has 12 heteroatoms. The molecule has 5 nitrogen and oxygen atoms in total. The van der Waals surface area contributed by atoms with Crippen LogP contribution in [-0.4, -0.2) is 41.5 Å². The Morgan fingerprint density at radius 3 is 2.50 bits per heavy atom. The van der Waals surface area contributed by atoms with Crippen molar-refractivity contribution in [3.05, 3.63) is 80.5 Å². The third-order valence-corrected chi connectivity index (χ3v) is 7.10. The van der Waals surface area contributed by atoms with Gasteiger partial charge in [-0.15, -0.1) is 11.3 Å². The maximum atomic E-state index is 14.2. The lowest BCUT2D eigenvalue weighted by atomic mass is 10.0. The quantitative estimate of drug-likeness (QED) is 0.344. The highest BCUT2D eigenvalue weighted by Crippen LogP contribution is 2.35. The van der Waals surface area contributed by atoms with Crippen molar-refractivity contribution in [1.29, 1.82) is 0 Å². The topological polar surface area (TPSA) is 54.5 Å². The van der Waals surface area contributed by atoms with Crippen LogP contribution in [0.25, 0.3) is 0 Å². The number of hydrogen-bond donors (Lipinski definition) is 1. The molecule has 1 N–H and O–H groups in total. The van der Waals surface area contributed by atoms with Gasteiger partial charge in [0.2, 0.25) is 0 Å². The minimum absolute atomic E-state index is 0.0677. The van der Waals surface area contributed by atoms with Gasteiger partial charge < -0.3 is 10.1 Å². The number of ether oxygens (including phenoxy) is 1. The van der Waals surface area contributed by atoms with Crippen LogP contribution in [0.3, 0.4) is 0 Å². The predicted molar refractivity (Wildman–Crippen MR) is 125 cm³/mol. The van der Waals surface area contributed by atoms with E-state index in [0.717, 1.165) is 35.6 Å². The summed E-state index contributed by atoms with van der Waals surface area (Å²) < 4.78 is 74.1. The molecular formula is C24H21ClF5N3O2S. The second-order valence-electron chi connectivity index (χ2n) is 8.18. The summed E-state index contributed by atoms with van der Waals surface area (Å²) in [6.45, 7) is 0.695. The molecule has 1 amide bonds. The molecule has 2 aromatic carbocycles. The molecule has 1 aliphatic rings. The molecule has 1 saturated heterocycles. The molecule has 0 spiro atoms. The summed E-state index contributed by atoms with van der Waals surface area (Å²) in [5.74, 6) is -3.00. The maximum Gasteiger partial charge on any atom is 0.281 e. The molecule has 1 fully saturated rings. The number of thiazole rings is 1. The predicted octanol–water partition coefficient (Wildman–Crippen LogP) is 6.17. The number of benzene rings is 2. The number of aromatic nitrogens is 1. The van der Waals surface area contributed by atoms with Gasteiger partial charge in [-0.05, 0) is 25.0 Å². The Balaban J connectivity index is 1.48. The number of nitrogens with one attached hydrogen (secondary N) is 1. The van der Waals surface area contributed by atoms with Crippen LogP contribution in [0, 0.1) is 17.5 Å². The highest BCUT2D eigenvalue weighted by Gasteiger charge is 2.32. The van der Waals surface area contributed by atoms with Crippen LogP contribution < -0.4 is 10.1 Å². The lowest BCUT2D eigenvalue weighted by Gasteiger charge is -2.37. The monoisotopic (exact) mass is 545 g/mol. The molecule has 192 valence electrons. The Kier molecular flexibility index (Phi) is 8.43. The largest absolute Gasteiger partial charge is 0.490 e. The molecular weight excluding hydrogens is 525 g/mol. The number of carbonyl (C=O) groups is 1. The summed E-state index contributed by atoms with van der Waals surface area (Å²) in [5, 5.41) is 2.54. The molecule has 1 aliphatic heterocycles. The van der Waals surface area contributed by atoms with Crippen molar-refractivity contribution in [2.24, 2.45) is 0 Å². The highest BCUT2D eigenvalue weighted by molar-refractivity contribution is 7.09. The summed E-state index contributed by atoms with van der Waals surface area (Å²) in [6, 6.07) is 6.12. The Bertz CT molecular complexity index is 1180. The number of rotatable bonds is 8. The van der Waals surface area contributed by atoms with Crippen molar-refractivity contribution in [1.82, 2.24) is 15.2 Å². The highest BCUT2D eigenvalue weighted by atomic mass is 35.5. The third-order valence-electron chi connectivity index (χ3n) is 5.84. The smallest absolute Gasteiger partial charge is 0.281 e. The first-order valence-electron chi connectivity index (χ1n) is 11.0. The molecule has 36 heavy (non-hydrogen) atoms. The van der Waals surface area contributed by atoms with E-state index < -0.39 is 35.8 Å². The van der Waals surface area contributed by atoms with Gasteiger partial charge in [-0.25, -0.2) is 26.9 Å². The van der Waals surface area contributed by atoms with E-state index >= 15 is 0 Å². The van der Waals surface area contributed by atoms with Gasteiger partial charge >= 0.3 is 0 Å². The number of hydrogen-bond acceptors (Lipinski definition) is 5. The number of piperidine rings is 1. The average molecular weight is 546 g/mol. The maximum absolute atomic E-state index is 14.2. The summed E-state index contributed by atoms with van der Waals surface area (Å²) in [6.07, 6.45) is -2.25. The zero-order valence-electron chi connectivity index (χ0n) is 18.7. The first-order chi connectivity index (χ1) is 17.2. The van der Waals surface area contributed by atoms with E-state index in [1.807, 2.05) is 4.90 Å². The van der Waals surface area contributed by atoms with Crippen molar-refractivity contribution in [3.63, 3.8) is 0 Å². The summed E-state index contributed by atoms with van der Waals surface area (Å²) in [5.41, 5.74) is 0.607. The van der Waals surface area contributed by atoms with Gasteiger partial charge in [-0.2, -0.15) is 0 Å². The fourth-order valence-corrected chi connectivity index (χ4v) is 5.33. The molecule has 1 aromatic heterocycles. The van der Waals surface area contributed by atoms with Crippen LogP contribution in [0.15, 0.2) is 41.9 Å². The molecule has 0 radical (unpaired) electrons. The van der Waals surface area contributed by atoms with E-state index in [2.05, 4.69) is 10.3 Å². The van der Waals surface area contributed by atoms with Gasteiger partial charge in [0, 0.05) is 37.8 Å². The van der Waals surface area contributed by atoms with Crippen LogP contribution in [0.5, 0.6) is 5.75 Å². The van der Waals surface area contributed by atoms with Gasteiger partial charge in [-0.1, -0.05) is 17.7 Å². The van der Waals surface area contributed by atoms with Gasteiger partial charge in [0.15, 0.2) is 0 Å².